The van der Waals surface area contributed by atoms with Crippen molar-refractivity contribution in [3.8, 4) is 5.69 Å². The third-order valence-electron chi connectivity index (χ3n) is 5.57. The Kier molecular flexibility index (Phi) is 4.23. The zero-order valence-corrected chi connectivity index (χ0v) is 17.1. The number of aliphatic imine (C=N–C) groups is 1. The van der Waals surface area contributed by atoms with E-state index in [0.29, 0.717) is 5.25 Å². The van der Waals surface area contributed by atoms with Crippen LogP contribution in [0.15, 0.2) is 60.0 Å². The normalized spacial score (nSPS) is 23.8. The average molecular weight is 390 g/mol. The van der Waals surface area contributed by atoms with Gasteiger partial charge in [-0.3, -0.25) is 15.0 Å². The molecule has 0 aromatic carbocycles. The second kappa shape index (κ2) is 6.78. The summed E-state index contributed by atoms with van der Waals surface area (Å²) in [4.78, 5) is 16.5. The standard InChI is InChI=1S/C22H23N5S/c1-14-11-18(16(3)27(14)17-7-6-9-23-12-17)21-20(19-8-4-5-10-24-19)25-22-26(21)13-15(2)28-22/h4-12,15,20-21H,13H2,1-3H3/t15-,20+,21-/m1/s1. The van der Waals surface area contributed by atoms with Crippen LogP contribution in [0.25, 0.3) is 5.69 Å². The van der Waals surface area contributed by atoms with Crippen LogP contribution < -0.4 is 0 Å². The number of amidine groups is 1. The molecule has 5 heterocycles. The number of nitrogens with zero attached hydrogens (tertiary/aromatic N) is 5. The Hall–Kier alpha value is -2.60. The molecule has 5 nitrogen and oxygen atoms in total. The van der Waals surface area contributed by atoms with Crippen molar-refractivity contribution in [3.05, 3.63) is 77.6 Å². The van der Waals surface area contributed by atoms with Gasteiger partial charge in [0.2, 0.25) is 0 Å². The van der Waals surface area contributed by atoms with Crippen molar-refractivity contribution in [2.75, 3.05) is 6.54 Å². The topological polar surface area (TPSA) is 46.3 Å². The maximum Gasteiger partial charge on any atom is 0.160 e. The molecule has 0 radical (unpaired) electrons. The fraction of sp³-hybridized carbons (Fsp3) is 0.318. The molecule has 0 aliphatic carbocycles. The Morgan fingerprint density at radius 1 is 1.11 bits per heavy atom. The highest BCUT2D eigenvalue weighted by atomic mass is 32.2. The summed E-state index contributed by atoms with van der Waals surface area (Å²) >= 11 is 1.88. The molecule has 3 aromatic rings. The lowest BCUT2D eigenvalue weighted by Crippen LogP contribution is -2.28. The predicted octanol–water partition coefficient (Wildman–Crippen LogP) is 4.47. The minimum Gasteiger partial charge on any atom is -0.341 e. The Balaban J connectivity index is 1.63. The van der Waals surface area contributed by atoms with Gasteiger partial charge >= 0.3 is 0 Å². The number of rotatable bonds is 3. The summed E-state index contributed by atoms with van der Waals surface area (Å²) in [6.45, 7) is 7.66. The first kappa shape index (κ1) is 17.5. The summed E-state index contributed by atoms with van der Waals surface area (Å²) in [5, 5.41) is 1.71. The van der Waals surface area contributed by atoms with Crippen LogP contribution in [0.5, 0.6) is 0 Å². The average Bonchev–Trinajstić information content (AvgIpc) is 3.33. The van der Waals surface area contributed by atoms with E-state index in [4.69, 9.17) is 4.99 Å². The molecule has 142 valence electrons. The Labute approximate surface area is 169 Å². The van der Waals surface area contributed by atoms with Crippen molar-refractivity contribution < 1.29 is 0 Å². The minimum atomic E-state index is 0.0269. The molecular weight excluding hydrogens is 366 g/mol. The molecule has 0 unspecified atom stereocenters. The van der Waals surface area contributed by atoms with Gasteiger partial charge in [-0.05, 0) is 49.7 Å². The SMILES string of the molecule is Cc1cc([C@@H]2[C@H](c3ccccn3)N=C3S[C@H](C)CN32)c(C)n1-c1cccnc1. The van der Waals surface area contributed by atoms with Gasteiger partial charge in [-0.25, -0.2) is 0 Å². The van der Waals surface area contributed by atoms with E-state index in [0.717, 1.165) is 23.1 Å². The lowest BCUT2D eigenvalue weighted by molar-refractivity contribution is 0.320. The fourth-order valence-electron chi connectivity index (χ4n) is 4.42. The number of fused-ring (bicyclic) bond motifs is 1. The van der Waals surface area contributed by atoms with Gasteiger partial charge in [0, 0.05) is 35.6 Å². The third kappa shape index (κ3) is 2.75. The number of pyridine rings is 2. The van der Waals surface area contributed by atoms with E-state index in [-0.39, 0.29) is 12.1 Å². The fourth-order valence-corrected chi connectivity index (χ4v) is 5.52. The second-order valence-corrected chi connectivity index (χ2v) is 8.92. The van der Waals surface area contributed by atoms with Crippen LogP contribution in [-0.4, -0.2) is 36.4 Å². The van der Waals surface area contributed by atoms with Crippen LogP contribution in [0, 0.1) is 13.8 Å². The predicted molar refractivity (Wildman–Crippen MR) is 114 cm³/mol. The molecule has 28 heavy (non-hydrogen) atoms. The highest BCUT2D eigenvalue weighted by molar-refractivity contribution is 8.14. The number of aryl methyl sites for hydroxylation is 1. The maximum atomic E-state index is 5.10. The van der Waals surface area contributed by atoms with Crippen molar-refractivity contribution in [2.45, 2.75) is 38.1 Å². The number of thioether (sulfide) groups is 1. The number of hydrogen-bond donors (Lipinski definition) is 0. The summed E-state index contributed by atoms with van der Waals surface area (Å²) < 4.78 is 2.29. The number of hydrogen-bond acceptors (Lipinski definition) is 5. The van der Waals surface area contributed by atoms with Gasteiger partial charge in [-0.2, -0.15) is 0 Å². The molecule has 1 fully saturated rings. The second-order valence-electron chi connectivity index (χ2n) is 7.51. The van der Waals surface area contributed by atoms with E-state index >= 15 is 0 Å². The zero-order chi connectivity index (χ0) is 19.3. The van der Waals surface area contributed by atoms with Crippen LogP contribution >= 0.6 is 11.8 Å². The van der Waals surface area contributed by atoms with Crippen molar-refractivity contribution >= 4 is 16.9 Å². The third-order valence-corrected chi connectivity index (χ3v) is 6.68. The van der Waals surface area contributed by atoms with Gasteiger partial charge < -0.3 is 9.47 Å². The summed E-state index contributed by atoms with van der Waals surface area (Å²) in [6, 6.07) is 12.7. The monoisotopic (exact) mass is 389 g/mol. The van der Waals surface area contributed by atoms with Gasteiger partial charge in [0.15, 0.2) is 5.17 Å². The van der Waals surface area contributed by atoms with Crippen LogP contribution in [0.3, 0.4) is 0 Å². The van der Waals surface area contributed by atoms with Crippen molar-refractivity contribution in [1.29, 1.82) is 0 Å². The first-order valence-corrected chi connectivity index (χ1v) is 10.5. The summed E-state index contributed by atoms with van der Waals surface area (Å²) in [7, 11) is 0. The molecule has 0 N–H and O–H groups in total. The Bertz CT molecular complexity index is 1030. The smallest absolute Gasteiger partial charge is 0.160 e. The van der Waals surface area contributed by atoms with Crippen molar-refractivity contribution in [1.82, 2.24) is 19.4 Å². The van der Waals surface area contributed by atoms with Gasteiger partial charge in [-0.1, -0.05) is 24.8 Å². The van der Waals surface area contributed by atoms with Gasteiger partial charge in [0.25, 0.3) is 0 Å². The molecule has 2 aliphatic rings. The Morgan fingerprint density at radius 2 is 2.00 bits per heavy atom. The van der Waals surface area contributed by atoms with Crippen LogP contribution in [0.4, 0.5) is 0 Å². The van der Waals surface area contributed by atoms with E-state index in [1.807, 2.05) is 42.5 Å². The molecule has 0 saturated carbocycles. The van der Waals surface area contributed by atoms with Crippen LogP contribution in [0.1, 0.15) is 41.7 Å². The summed E-state index contributed by atoms with van der Waals surface area (Å²) in [6.07, 6.45) is 5.60. The molecule has 0 spiro atoms. The number of aromatic nitrogens is 3. The van der Waals surface area contributed by atoms with Crippen molar-refractivity contribution in [3.63, 3.8) is 0 Å². The highest BCUT2D eigenvalue weighted by Gasteiger charge is 2.44. The Morgan fingerprint density at radius 3 is 2.75 bits per heavy atom. The lowest BCUT2D eigenvalue weighted by Gasteiger charge is -2.27. The summed E-state index contributed by atoms with van der Waals surface area (Å²) in [5.41, 5.74) is 5.92. The van der Waals surface area contributed by atoms with Crippen molar-refractivity contribution in [2.24, 2.45) is 4.99 Å². The minimum absolute atomic E-state index is 0.0269. The molecule has 3 aromatic heterocycles. The molecule has 1 saturated heterocycles. The van der Waals surface area contributed by atoms with E-state index in [2.05, 4.69) is 64.5 Å². The molecule has 2 aliphatic heterocycles. The molecule has 5 rings (SSSR count). The quantitative estimate of drug-likeness (QED) is 0.663. The summed E-state index contributed by atoms with van der Waals surface area (Å²) in [5.74, 6) is 0. The molecule has 3 atom stereocenters. The molecule has 6 heteroatoms. The maximum absolute atomic E-state index is 5.10. The molecular formula is C22H23N5S. The highest BCUT2D eigenvalue weighted by Crippen LogP contribution is 2.48. The van der Waals surface area contributed by atoms with E-state index in [9.17, 15) is 0 Å². The van der Waals surface area contributed by atoms with Crippen LogP contribution in [0.2, 0.25) is 0 Å². The lowest BCUT2D eigenvalue weighted by atomic mass is 9.96. The van der Waals surface area contributed by atoms with Gasteiger partial charge in [0.1, 0.15) is 6.04 Å². The zero-order valence-electron chi connectivity index (χ0n) is 16.3. The van der Waals surface area contributed by atoms with E-state index in [1.54, 1.807) is 0 Å². The van der Waals surface area contributed by atoms with Gasteiger partial charge in [0.05, 0.1) is 23.6 Å². The largest absolute Gasteiger partial charge is 0.341 e. The molecule has 0 amide bonds. The van der Waals surface area contributed by atoms with E-state index < -0.39 is 0 Å². The first-order chi connectivity index (χ1) is 13.6. The first-order valence-electron chi connectivity index (χ1n) is 9.65. The molecule has 0 bridgehead atoms. The van der Waals surface area contributed by atoms with E-state index in [1.165, 1.54) is 17.0 Å². The van der Waals surface area contributed by atoms with Crippen LogP contribution in [-0.2, 0) is 0 Å². The van der Waals surface area contributed by atoms with Gasteiger partial charge in [-0.15, -0.1) is 0 Å².